The van der Waals surface area contributed by atoms with E-state index >= 15 is 0 Å². The summed E-state index contributed by atoms with van der Waals surface area (Å²) in [7, 11) is 0. The third-order valence-corrected chi connectivity index (χ3v) is 3.05. The number of nitrogens with zero attached hydrogens (tertiary/aromatic N) is 4. The molecule has 0 fully saturated rings. The highest BCUT2D eigenvalue weighted by molar-refractivity contribution is 5.88. The quantitative estimate of drug-likeness (QED) is 0.666. The van der Waals surface area contributed by atoms with E-state index in [4.69, 9.17) is 5.11 Å². The Bertz CT molecular complexity index is 708. The van der Waals surface area contributed by atoms with E-state index in [1.54, 1.807) is 0 Å². The summed E-state index contributed by atoms with van der Waals surface area (Å²) in [6.45, 7) is 3.84. The molecule has 0 aliphatic carbocycles. The summed E-state index contributed by atoms with van der Waals surface area (Å²) in [4.78, 5) is 25.4. The minimum absolute atomic E-state index is 0.0292. The van der Waals surface area contributed by atoms with Crippen LogP contribution in [0.3, 0.4) is 0 Å². The van der Waals surface area contributed by atoms with E-state index in [2.05, 4.69) is 10.1 Å². The largest absolute Gasteiger partial charge is 0.478 e. The van der Waals surface area contributed by atoms with Crippen molar-refractivity contribution >= 4 is 11.7 Å². The van der Waals surface area contributed by atoms with Crippen LogP contribution >= 0.6 is 0 Å². The third-order valence-electron chi connectivity index (χ3n) is 3.05. The molecular formula is C13H14N4O4. The van der Waals surface area contributed by atoms with Crippen molar-refractivity contribution in [3.63, 3.8) is 0 Å². The predicted molar refractivity (Wildman–Crippen MR) is 73.7 cm³/mol. The summed E-state index contributed by atoms with van der Waals surface area (Å²) in [6.07, 6.45) is 2.42. The first-order valence-corrected chi connectivity index (χ1v) is 6.43. The van der Waals surface area contributed by atoms with Crippen LogP contribution in [0.2, 0.25) is 0 Å². The number of pyridine rings is 1. The van der Waals surface area contributed by atoms with Gasteiger partial charge in [0.15, 0.2) is 0 Å². The lowest BCUT2D eigenvalue weighted by molar-refractivity contribution is -0.385. The molecule has 110 valence electrons. The van der Waals surface area contributed by atoms with Crippen molar-refractivity contribution in [2.24, 2.45) is 0 Å². The minimum atomic E-state index is -1.26. The van der Waals surface area contributed by atoms with Gasteiger partial charge in [0.05, 0.1) is 16.2 Å². The van der Waals surface area contributed by atoms with E-state index in [1.807, 2.05) is 19.9 Å². The van der Waals surface area contributed by atoms with Crippen LogP contribution in [-0.2, 0) is 12.8 Å². The van der Waals surface area contributed by atoms with Gasteiger partial charge in [-0.2, -0.15) is 5.10 Å². The number of nitro groups is 1. The van der Waals surface area contributed by atoms with Crippen LogP contribution in [0.4, 0.5) is 5.69 Å². The van der Waals surface area contributed by atoms with Gasteiger partial charge in [0.1, 0.15) is 0 Å². The molecule has 2 aromatic heterocycles. The van der Waals surface area contributed by atoms with Crippen molar-refractivity contribution in [2.45, 2.75) is 26.7 Å². The molecule has 0 spiro atoms. The van der Waals surface area contributed by atoms with Crippen molar-refractivity contribution in [1.82, 2.24) is 14.8 Å². The van der Waals surface area contributed by atoms with Gasteiger partial charge in [-0.25, -0.2) is 14.5 Å². The minimum Gasteiger partial charge on any atom is -0.478 e. The summed E-state index contributed by atoms with van der Waals surface area (Å²) >= 11 is 0. The van der Waals surface area contributed by atoms with E-state index in [0.717, 1.165) is 23.7 Å². The first-order chi connectivity index (χ1) is 9.97. The molecule has 0 atom stereocenters. The lowest BCUT2D eigenvalue weighted by Gasteiger charge is -2.06. The molecule has 0 bridgehead atoms. The number of aromatic carboxylic acids is 1. The van der Waals surface area contributed by atoms with Crippen LogP contribution in [0.5, 0.6) is 0 Å². The lowest BCUT2D eigenvalue weighted by Crippen LogP contribution is -2.09. The molecule has 0 saturated heterocycles. The fourth-order valence-electron chi connectivity index (χ4n) is 1.94. The average Bonchev–Trinajstić information content (AvgIpc) is 2.89. The summed E-state index contributed by atoms with van der Waals surface area (Å²) in [5.74, 6) is -1.23. The van der Waals surface area contributed by atoms with Gasteiger partial charge in [0, 0.05) is 18.0 Å². The number of carbonyl (C=O) groups is 1. The molecule has 0 radical (unpaired) electrons. The van der Waals surface area contributed by atoms with Gasteiger partial charge in [0.25, 0.3) is 0 Å². The van der Waals surface area contributed by atoms with Gasteiger partial charge in [-0.05, 0) is 18.9 Å². The molecule has 21 heavy (non-hydrogen) atoms. The second kappa shape index (κ2) is 5.70. The zero-order chi connectivity index (χ0) is 15.6. The van der Waals surface area contributed by atoms with E-state index in [9.17, 15) is 14.9 Å². The number of aryl methyl sites for hydroxylation is 2. The van der Waals surface area contributed by atoms with E-state index in [-0.39, 0.29) is 17.1 Å². The molecule has 0 aromatic carbocycles. The standard InChI is InChI=1S/C13H14N4O4/c1-3-9-6-10(4-2)16(15-9)12-11(17(20)21)5-8(7-14-12)13(18)19/h5-7H,3-4H2,1-2H3,(H,18,19). The summed E-state index contributed by atoms with van der Waals surface area (Å²) in [6, 6.07) is 2.86. The normalized spacial score (nSPS) is 10.6. The lowest BCUT2D eigenvalue weighted by atomic mass is 10.2. The zero-order valence-corrected chi connectivity index (χ0v) is 11.6. The van der Waals surface area contributed by atoms with Crippen molar-refractivity contribution in [1.29, 1.82) is 0 Å². The second-order valence-electron chi connectivity index (χ2n) is 4.37. The highest BCUT2D eigenvalue weighted by atomic mass is 16.6. The fraction of sp³-hybridized carbons (Fsp3) is 0.308. The first kappa shape index (κ1) is 14.6. The molecule has 8 heteroatoms. The molecule has 2 rings (SSSR count). The van der Waals surface area contributed by atoms with Crippen LogP contribution in [-0.4, -0.2) is 30.8 Å². The van der Waals surface area contributed by atoms with Crippen LogP contribution in [0.15, 0.2) is 18.3 Å². The topological polar surface area (TPSA) is 111 Å². The van der Waals surface area contributed by atoms with Crippen molar-refractivity contribution < 1.29 is 14.8 Å². The maximum Gasteiger partial charge on any atom is 0.337 e. The highest BCUT2D eigenvalue weighted by Gasteiger charge is 2.22. The predicted octanol–water partition coefficient (Wildman–Crippen LogP) is 2.00. The molecule has 2 heterocycles. The van der Waals surface area contributed by atoms with Crippen LogP contribution < -0.4 is 0 Å². The maximum atomic E-state index is 11.2. The fourth-order valence-corrected chi connectivity index (χ4v) is 1.94. The highest BCUT2D eigenvalue weighted by Crippen LogP contribution is 2.23. The van der Waals surface area contributed by atoms with Crippen LogP contribution in [0, 0.1) is 10.1 Å². The van der Waals surface area contributed by atoms with Crippen LogP contribution in [0.25, 0.3) is 5.82 Å². The average molecular weight is 290 g/mol. The third kappa shape index (κ3) is 2.73. The number of hydrogen-bond acceptors (Lipinski definition) is 5. The SMILES string of the molecule is CCc1cc(CC)n(-c2ncc(C(=O)O)cc2[N+](=O)[O-])n1. The molecule has 0 amide bonds. The Labute approximate surface area is 120 Å². The van der Waals surface area contributed by atoms with E-state index in [0.29, 0.717) is 12.8 Å². The van der Waals surface area contributed by atoms with E-state index < -0.39 is 10.9 Å². The number of hydrogen-bond donors (Lipinski definition) is 1. The van der Waals surface area contributed by atoms with E-state index in [1.165, 1.54) is 4.68 Å². The molecule has 2 aromatic rings. The monoisotopic (exact) mass is 290 g/mol. The van der Waals surface area contributed by atoms with Gasteiger partial charge in [0.2, 0.25) is 5.82 Å². The molecule has 0 saturated carbocycles. The van der Waals surface area contributed by atoms with Gasteiger partial charge >= 0.3 is 11.7 Å². The van der Waals surface area contributed by atoms with Crippen LogP contribution in [0.1, 0.15) is 35.6 Å². The number of carboxylic acid groups (broad SMARTS) is 1. The van der Waals surface area contributed by atoms with Gasteiger partial charge in [-0.3, -0.25) is 10.1 Å². The number of carboxylic acids is 1. The Kier molecular flexibility index (Phi) is 3.97. The molecular weight excluding hydrogens is 276 g/mol. The Hall–Kier alpha value is -2.77. The van der Waals surface area contributed by atoms with Crippen molar-refractivity contribution in [2.75, 3.05) is 0 Å². The second-order valence-corrected chi connectivity index (χ2v) is 4.37. The van der Waals surface area contributed by atoms with Crippen molar-refractivity contribution in [3.05, 3.63) is 45.4 Å². The smallest absolute Gasteiger partial charge is 0.337 e. The number of aromatic nitrogens is 3. The Morgan fingerprint density at radius 3 is 2.62 bits per heavy atom. The van der Waals surface area contributed by atoms with Gasteiger partial charge in [-0.1, -0.05) is 13.8 Å². The van der Waals surface area contributed by atoms with Gasteiger partial charge < -0.3 is 5.11 Å². The Morgan fingerprint density at radius 1 is 1.38 bits per heavy atom. The summed E-state index contributed by atoms with van der Waals surface area (Å²) < 4.78 is 1.41. The molecule has 0 unspecified atom stereocenters. The molecule has 1 N–H and O–H groups in total. The maximum absolute atomic E-state index is 11.2. The molecule has 0 aliphatic heterocycles. The molecule has 8 nitrogen and oxygen atoms in total. The number of rotatable bonds is 5. The van der Waals surface area contributed by atoms with Gasteiger partial charge in [-0.15, -0.1) is 0 Å². The molecule has 0 aliphatic rings. The summed E-state index contributed by atoms with van der Waals surface area (Å²) in [5.41, 5.74) is 0.970. The van der Waals surface area contributed by atoms with Crippen molar-refractivity contribution in [3.8, 4) is 5.82 Å². The summed E-state index contributed by atoms with van der Waals surface area (Å²) in [5, 5.41) is 24.4. The first-order valence-electron chi connectivity index (χ1n) is 6.43. The Morgan fingerprint density at radius 2 is 2.10 bits per heavy atom. The zero-order valence-electron chi connectivity index (χ0n) is 11.6. The Balaban J connectivity index is 2.65.